The zero-order chi connectivity index (χ0) is 13.8. The molecule has 18 heavy (non-hydrogen) atoms. The fourth-order valence-corrected chi connectivity index (χ4v) is 1.63. The molecule has 0 aliphatic rings. The molecule has 0 amide bonds. The van der Waals surface area contributed by atoms with E-state index < -0.39 is 18.3 Å². The first kappa shape index (κ1) is 14.8. The van der Waals surface area contributed by atoms with Crippen molar-refractivity contribution in [2.75, 3.05) is 0 Å². The molecular formula is C13H17F3O2. The molecule has 102 valence electrons. The quantitative estimate of drug-likeness (QED) is 0.875. The third-order valence-corrected chi connectivity index (χ3v) is 2.74. The molecule has 1 aromatic rings. The number of ether oxygens (including phenoxy) is 1. The third-order valence-electron chi connectivity index (χ3n) is 2.74. The Kier molecular flexibility index (Phi) is 5.02. The van der Waals surface area contributed by atoms with E-state index in [4.69, 9.17) is 9.84 Å². The van der Waals surface area contributed by atoms with Crippen LogP contribution in [0.15, 0.2) is 18.2 Å². The summed E-state index contributed by atoms with van der Waals surface area (Å²) in [6.45, 7) is 3.31. The zero-order valence-corrected chi connectivity index (χ0v) is 10.4. The van der Waals surface area contributed by atoms with Crippen LogP contribution in [0.3, 0.4) is 0 Å². The van der Waals surface area contributed by atoms with Crippen LogP contribution < -0.4 is 4.74 Å². The maximum absolute atomic E-state index is 12.9. The smallest absolute Gasteiger partial charge is 0.419 e. The average molecular weight is 262 g/mol. The number of alkyl halides is 3. The minimum absolute atomic E-state index is 0.173. The van der Waals surface area contributed by atoms with E-state index in [1.165, 1.54) is 12.1 Å². The first-order chi connectivity index (χ1) is 8.42. The number of halogens is 3. The van der Waals surface area contributed by atoms with Crippen molar-refractivity contribution in [3.05, 3.63) is 29.3 Å². The van der Waals surface area contributed by atoms with Crippen LogP contribution >= 0.6 is 0 Å². The monoisotopic (exact) mass is 262 g/mol. The van der Waals surface area contributed by atoms with E-state index in [9.17, 15) is 13.2 Å². The fourth-order valence-electron chi connectivity index (χ4n) is 1.63. The second kappa shape index (κ2) is 6.09. The number of hydrogen-bond donors (Lipinski definition) is 1. The van der Waals surface area contributed by atoms with Gasteiger partial charge in [-0.3, -0.25) is 0 Å². The molecule has 0 bridgehead atoms. The van der Waals surface area contributed by atoms with Crippen LogP contribution in [-0.4, -0.2) is 11.2 Å². The van der Waals surface area contributed by atoms with E-state index in [0.717, 1.165) is 6.07 Å². The average Bonchev–Trinajstić information content (AvgIpc) is 2.34. The molecule has 0 saturated carbocycles. The molecule has 0 fully saturated rings. The summed E-state index contributed by atoms with van der Waals surface area (Å²) < 4.78 is 44.0. The minimum Gasteiger partial charge on any atom is -0.490 e. The summed E-state index contributed by atoms with van der Waals surface area (Å²) in [5.41, 5.74) is -0.611. The molecule has 0 aliphatic carbocycles. The van der Waals surface area contributed by atoms with Gasteiger partial charge in [-0.15, -0.1) is 0 Å². The molecule has 0 spiro atoms. The number of aliphatic hydroxyl groups is 1. The molecular weight excluding hydrogens is 245 g/mol. The molecule has 0 unspecified atom stereocenters. The van der Waals surface area contributed by atoms with Crippen molar-refractivity contribution in [1.29, 1.82) is 0 Å². The van der Waals surface area contributed by atoms with Gasteiger partial charge < -0.3 is 9.84 Å². The maximum atomic E-state index is 12.9. The lowest BCUT2D eigenvalue weighted by atomic mass is 10.1. The van der Waals surface area contributed by atoms with Crippen LogP contribution in [0.5, 0.6) is 5.75 Å². The van der Waals surface area contributed by atoms with Gasteiger partial charge in [0, 0.05) is 0 Å². The Bertz CT molecular complexity index is 384. The molecule has 2 nitrogen and oxygen atoms in total. The number of aliphatic hydroxyl groups excluding tert-OH is 1. The minimum atomic E-state index is -4.48. The highest BCUT2D eigenvalue weighted by molar-refractivity contribution is 5.39. The summed E-state index contributed by atoms with van der Waals surface area (Å²) in [6, 6.07) is 3.64. The Morgan fingerprint density at radius 3 is 2.28 bits per heavy atom. The Morgan fingerprint density at radius 2 is 1.83 bits per heavy atom. The largest absolute Gasteiger partial charge is 0.490 e. The molecule has 0 heterocycles. The van der Waals surface area contributed by atoms with Crippen molar-refractivity contribution in [3.63, 3.8) is 0 Å². The lowest BCUT2D eigenvalue weighted by molar-refractivity contribution is -0.139. The Morgan fingerprint density at radius 1 is 1.22 bits per heavy atom. The van der Waals surface area contributed by atoms with Crippen LogP contribution in [-0.2, 0) is 12.8 Å². The van der Waals surface area contributed by atoms with Gasteiger partial charge in [0.15, 0.2) is 0 Å². The van der Waals surface area contributed by atoms with Crippen LogP contribution in [0.1, 0.15) is 37.8 Å². The fraction of sp³-hybridized carbons (Fsp3) is 0.538. The van der Waals surface area contributed by atoms with E-state index in [1.54, 1.807) is 0 Å². The predicted molar refractivity (Wildman–Crippen MR) is 62.4 cm³/mol. The first-order valence-electron chi connectivity index (χ1n) is 5.90. The lowest BCUT2D eigenvalue weighted by Crippen LogP contribution is -2.17. The van der Waals surface area contributed by atoms with Gasteiger partial charge >= 0.3 is 6.18 Å². The molecule has 1 N–H and O–H groups in total. The summed E-state index contributed by atoms with van der Waals surface area (Å²) in [7, 11) is 0. The van der Waals surface area contributed by atoms with E-state index in [1.807, 2.05) is 13.8 Å². The van der Waals surface area contributed by atoms with Gasteiger partial charge in [-0.25, -0.2) is 0 Å². The number of rotatable bonds is 5. The highest BCUT2D eigenvalue weighted by Crippen LogP contribution is 2.37. The molecule has 0 radical (unpaired) electrons. The van der Waals surface area contributed by atoms with Crippen molar-refractivity contribution in [2.24, 2.45) is 0 Å². The molecule has 0 aliphatic heterocycles. The Balaban J connectivity index is 3.10. The molecule has 1 aromatic carbocycles. The van der Waals surface area contributed by atoms with E-state index in [0.29, 0.717) is 12.8 Å². The Hall–Kier alpha value is -1.23. The highest BCUT2D eigenvalue weighted by atomic mass is 19.4. The summed E-state index contributed by atoms with van der Waals surface area (Å²) in [4.78, 5) is 0. The van der Waals surface area contributed by atoms with E-state index >= 15 is 0 Å². The first-order valence-corrected chi connectivity index (χ1v) is 5.90. The Labute approximate surface area is 104 Å². The second-order valence-corrected chi connectivity index (χ2v) is 4.04. The van der Waals surface area contributed by atoms with E-state index in [2.05, 4.69) is 0 Å². The normalized spacial score (nSPS) is 11.9. The zero-order valence-electron chi connectivity index (χ0n) is 10.4. The highest BCUT2D eigenvalue weighted by Gasteiger charge is 2.35. The molecule has 0 saturated heterocycles. The number of benzene rings is 1. The van der Waals surface area contributed by atoms with Gasteiger partial charge in [-0.2, -0.15) is 13.2 Å². The molecule has 1 rings (SSSR count). The van der Waals surface area contributed by atoms with Crippen molar-refractivity contribution in [2.45, 2.75) is 45.6 Å². The second-order valence-electron chi connectivity index (χ2n) is 4.04. The third kappa shape index (κ3) is 3.63. The van der Waals surface area contributed by atoms with Crippen LogP contribution in [0.4, 0.5) is 13.2 Å². The van der Waals surface area contributed by atoms with Gasteiger partial charge in [0.25, 0.3) is 0 Å². The standard InChI is InChI=1S/C13H17F3O2/c1-3-10(4-2)18-12-6-5-9(8-17)7-11(12)13(14,15)16/h5-7,10,17H,3-4,8H2,1-2H3. The van der Waals surface area contributed by atoms with Gasteiger partial charge in [-0.1, -0.05) is 19.9 Å². The molecule has 0 aromatic heterocycles. The van der Waals surface area contributed by atoms with Gasteiger partial charge in [0.05, 0.1) is 18.3 Å². The summed E-state index contributed by atoms with van der Waals surface area (Å²) in [5, 5.41) is 8.88. The lowest BCUT2D eigenvalue weighted by Gasteiger charge is -2.20. The number of hydrogen-bond acceptors (Lipinski definition) is 2. The summed E-state index contributed by atoms with van der Waals surface area (Å²) in [5.74, 6) is -0.173. The van der Waals surface area contributed by atoms with Crippen molar-refractivity contribution in [1.82, 2.24) is 0 Å². The summed E-state index contributed by atoms with van der Waals surface area (Å²) in [6.07, 6.45) is -3.41. The summed E-state index contributed by atoms with van der Waals surface area (Å²) >= 11 is 0. The van der Waals surface area contributed by atoms with E-state index in [-0.39, 0.29) is 17.4 Å². The molecule has 5 heteroatoms. The van der Waals surface area contributed by atoms with Crippen molar-refractivity contribution >= 4 is 0 Å². The van der Waals surface area contributed by atoms with Crippen molar-refractivity contribution in [3.8, 4) is 5.75 Å². The van der Waals surface area contributed by atoms with Gasteiger partial charge in [0.2, 0.25) is 0 Å². The molecule has 0 atom stereocenters. The van der Waals surface area contributed by atoms with Crippen LogP contribution in [0.25, 0.3) is 0 Å². The van der Waals surface area contributed by atoms with Crippen molar-refractivity contribution < 1.29 is 23.0 Å². The predicted octanol–water partition coefficient (Wildman–Crippen LogP) is 3.77. The SMILES string of the molecule is CCC(CC)Oc1ccc(CO)cc1C(F)(F)F. The van der Waals surface area contributed by atoms with Crippen LogP contribution in [0, 0.1) is 0 Å². The maximum Gasteiger partial charge on any atom is 0.419 e. The topological polar surface area (TPSA) is 29.5 Å². The van der Waals surface area contributed by atoms with Crippen LogP contribution in [0.2, 0.25) is 0 Å². The van der Waals surface area contributed by atoms with Gasteiger partial charge in [-0.05, 0) is 30.5 Å². The van der Waals surface area contributed by atoms with Gasteiger partial charge in [0.1, 0.15) is 5.75 Å².